The second-order valence-electron chi connectivity index (χ2n) is 7.25. The van der Waals surface area contributed by atoms with Gasteiger partial charge in [-0.2, -0.15) is 0 Å². The Kier molecular flexibility index (Phi) is 10.3. The maximum Gasteiger partial charge on any atom is 0.191 e. The number of nitrogens with one attached hydrogen (secondary N) is 2. The molecule has 0 spiro atoms. The minimum atomic E-state index is -0.0215. The quantitative estimate of drug-likeness (QED) is 0.376. The molecule has 0 amide bonds. The Hall–Kier alpha value is -1.06. The van der Waals surface area contributed by atoms with Crippen LogP contribution in [0, 0.1) is 0 Å². The molecule has 148 valence electrons. The molecule has 0 aromatic heterocycles. The van der Waals surface area contributed by atoms with Gasteiger partial charge in [-0.3, -0.25) is 9.89 Å². The molecule has 1 aromatic rings. The van der Waals surface area contributed by atoms with E-state index in [1.807, 2.05) is 12.1 Å². The first-order chi connectivity index (χ1) is 12.0. The Bertz CT molecular complexity index is 555. The number of morpholine rings is 1. The lowest BCUT2D eigenvalue weighted by atomic mass is 10.1. The van der Waals surface area contributed by atoms with Crippen LogP contribution in [0.25, 0.3) is 0 Å². The van der Waals surface area contributed by atoms with Gasteiger partial charge in [0.1, 0.15) is 12.4 Å². The highest BCUT2D eigenvalue weighted by molar-refractivity contribution is 14.0. The molecule has 0 aliphatic carbocycles. The molecule has 0 bridgehead atoms. The lowest BCUT2D eigenvalue weighted by molar-refractivity contribution is 0.0322. The number of guanidine groups is 1. The normalized spacial score (nSPS) is 15.9. The molecule has 1 saturated heterocycles. The van der Waals surface area contributed by atoms with Crippen LogP contribution in [0.15, 0.2) is 29.3 Å². The van der Waals surface area contributed by atoms with E-state index in [0.29, 0.717) is 13.2 Å². The van der Waals surface area contributed by atoms with E-state index in [-0.39, 0.29) is 29.5 Å². The first-order valence-electron chi connectivity index (χ1n) is 8.97. The summed E-state index contributed by atoms with van der Waals surface area (Å²) in [6, 6.07) is 8.20. The summed E-state index contributed by atoms with van der Waals surface area (Å²) in [5, 5.41) is 6.69. The van der Waals surface area contributed by atoms with Crippen LogP contribution in [0.2, 0.25) is 0 Å². The van der Waals surface area contributed by atoms with Gasteiger partial charge >= 0.3 is 0 Å². The SMILES string of the molecule is CN=C(NCc1cccc(OCCN2CCOCC2)c1)NC(C)(C)C.I. The summed E-state index contributed by atoms with van der Waals surface area (Å²) in [5.41, 5.74) is 1.15. The number of nitrogens with zero attached hydrogens (tertiary/aromatic N) is 2. The summed E-state index contributed by atoms with van der Waals surface area (Å²) in [6.07, 6.45) is 0. The van der Waals surface area contributed by atoms with Gasteiger partial charge in [0, 0.05) is 38.8 Å². The van der Waals surface area contributed by atoms with Crippen LogP contribution in [0.3, 0.4) is 0 Å². The van der Waals surface area contributed by atoms with Gasteiger partial charge in [0.25, 0.3) is 0 Å². The third-order valence-corrected chi connectivity index (χ3v) is 3.86. The van der Waals surface area contributed by atoms with E-state index in [4.69, 9.17) is 9.47 Å². The second kappa shape index (κ2) is 11.6. The number of hydrogen-bond acceptors (Lipinski definition) is 4. The molecule has 2 N–H and O–H groups in total. The lowest BCUT2D eigenvalue weighted by Gasteiger charge is -2.26. The molecule has 26 heavy (non-hydrogen) atoms. The predicted octanol–water partition coefficient (Wildman–Crippen LogP) is 2.48. The molecular formula is C19H33IN4O2. The van der Waals surface area contributed by atoms with Crippen molar-refractivity contribution in [3.8, 4) is 5.75 Å². The van der Waals surface area contributed by atoms with Crippen molar-refractivity contribution in [2.45, 2.75) is 32.9 Å². The molecule has 6 nitrogen and oxygen atoms in total. The van der Waals surface area contributed by atoms with Crippen LogP contribution in [0.5, 0.6) is 5.75 Å². The number of aliphatic imine (C=N–C) groups is 1. The average Bonchev–Trinajstić information content (AvgIpc) is 2.59. The lowest BCUT2D eigenvalue weighted by Crippen LogP contribution is -2.47. The molecule has 0 radical (unpaired) electrons. The fourth-order valence-electron chi connectivity index (χ4n) is 2.58. The van der Waals surface area contributed by atoms with E-state index in [9.17, 15) is 0 Å². The highest BCUT2D eigenvalue weighted by atomic mass is 127. The van der Waals surface area contributed by atoms with Crippen LogP contribution in [0.4, 0.5) is 0 Å². The van der Waals surface area contributed by atoms with E-state index in [1.165, 1.54) is 5.56 Å². The van der Waals surface area contributed by atoms with Crippen molar-refractivity contribution in [3.05, 3.63) is 29.8 Å². The number of hydrogen-bond donors (Lipinski definition) is 2. The van der Waals surface area contributed by atoms with E-state index in [2.05, 4.69) is 53.4 Å². The highest BCUT2D eigenvalue weighted by Crippen LogP contribution is 2.13. The molecule has 1 aliphatic rings. The minimum absolute atomic E-state index is 0. The van der Waals surface area contributed by atoms with Gasteiger partial charge in [-0.1, -0.05) is 12.1 Å². The van der Waals surface area contributed by atoms with Crippen molar-refractivity contribution in [1.82, 2.24) is 15.5 Å². The van der Waals surface area contributed by atoms with Crippen molar-refractivity contribution in [1.29, 1.82) is 0 Å². The first kappa shape index (κ1) is 23.0. The van der Waals surface area contributed by atoms with Crippen LogP contribution < -0.4 is 15.4 Å². The summed E-state index contributed by atoms with van der Waals surface area (Å²) >= 11 is 0. The standard InChI is InChI=1S/C19H32N4O2.HI/c1-19(2,3)22-18(20-4)21-15-16-6-5-7-17(14-16)25-13-10-23-8-11-24-12-9-23;/h5-7,14H,8-13,15H2,1-4H3,(H2,20,21,22);1H. The monoisotopic (exact) mass is 476 g/mol. The molecule has 1 fully saturated rings. The van der Waals surface area contributed by atoms with Gasteiger partial charge in [0.15, 0.2) is 5.96 Å². The zero-order chi connectivity index (χ0) is 18.1. The van der Waals surface area contributed by atoms with Gasteiger partial charge in [-0.05, 0) is 38.5 Å². The van der Waals surface area contributed by atoms with Gasteiger partial charge < -0.3 is 20.1 Å². The number of benzene rings is 1. The summed E-state index contributed by atoms with van der Waals surface area (Å²) in [7, 11) is 1.78. The number of halogens is 1. The zero-order valence-electron chi connectivity index (χ0n) is 16.4. The Morgan fingerprint density at radius 3 is 2.65 bits per heavy atom. The molecule has 0 atom stereocenters. The fraction of sp³-hybridized carbons (Fsp3) is 0.632. The third kappa shape index (κ3) is 9.05. The molecule has 1 aliphatic heterocycles. The Balaban J connectivity index is 0.00000338. The first-order valence-corrected chi connectivity index (χ1v) is 8.97. The zero-order valence-corrected chi connectivity index (χ0v) is 18.7. The van der Waals surface area contributed by atoms with Crippen molar-refractivity contribution < 1.29 is 9.47 Å². The largest absolute Gasteiger partial charge is 0.492 e. The topological polar surface area (TPSA) is 58.1 Å². The fourth-order valence-corrected chi connectivity index (χ4v) is 2.58. The van der Waals surface area contributed by atoms with E-state index in [0.717, 1.165) is 44.6 Å². The summed E-state index contributed by atoms with van der Waals surface area (Å²) in [6.45, 7) is 12.3. The van der Waals surface area contributed by atoms with Crippen LogP contribution in [-0.2, 0) is 11.3 Å². The summed E-state index contributed by atoms with van der Waals surface area (Å²) in [5.74, 6) is 1.71. The maximum absolute atomic E-state index is 5.91. The van der Waals surface area contributed by atoms with Crippen LogP contribution >= 0.6 is 24.0 Å². The van der Waals surface area contributed by atoms with Gasteiger partial charge in [-0.25, -0.2) is 0 Å². The molecule has 1 aromatic carbocycles. The Labute approximate surface area is 174 Å². The third-order valence-electron chi connectivity index (χ3n) is 3.86. The van der Waals surface area contributed by atoms with E-state index >= 15 is 0 Å². The molecule has 0 unspecified atom stereocenters. The summed E-state index contributed by atoms with van der Waals surface area (Å²) < 4.78 is 11.3. The van der Waals surface area contributed by atoms with Crippen molar-refractivity contribution in [2.75, 3.05) is 46.5 Å². The molecule has 0 saturated carbocycles. The molecule has 7 heteroatoms. The van der Waals surface area contributed by atoms with E-state index < -0.39 is 0 Å². The van der Waals surface area contributed by atoms with E-state index in [1.54, 1.807) is 7.05 Å². The van der Waals surface area contributed by atoms with Gasteiger partial charge in [0.2, 0.25) is 0 Å². The smallest absolute Gasteiger partial charge is 0.191 e. The van der Waals surface area contributed by atoms with Crippen molar-refractivity contribution in [2.24, 2.45) is 4.99 Å². The van der Waals surface area contributed by atoms with Gasteiger partial charge in [0.05, 0.1) is 13.2 Å². The second-order valence-corrected chi connectivity index (χ2v) is 7.25. The highest BCUT2D eigenvalue weighted by Gasteiger charge is 2.12. The van der Waals surface area contributed by atoms with Crippen LogP contribution in [-0.4, -0.2) is 62.9 Å². The van der Waals surface area contributed by atoms with Crippen molar-refractivity contribution >= 4 is 29.9 Å². The molecular weight excluding hydrogens is 443 g/mol. The minimum Gasteiger partial charge on any atom is -0.492 e. The van der Waals surface area contributed by atoms with Gasteiger partial charge in [-0.15, -0.1) is 24.0 Å². The van der Waals surface area contributed by atoms with Crippen LogP contribution in [0.1, 0.15) is 26.3 Å². The Morgan fingerprint density at radius 1 is 1.27 bits per heavy atom. The summed E-state index contributed by atoms with van der Waals surface area (Å²) in [4.78, 5) is 6.63. The molecule has 2 rings (SSSR count). The maximum atomic E-state index is 5.91. The molecule has 1 heterocycles. The Morgan fingerprint density at radius 2 is 2.00 bits per heavy atom. The average molecular weight is 476 g/mol. The number of rotatable bonds is 6. The number of ether oxygens (including phenoxy) is 2. The van der Waals surface area contributed by atoms with Crippen molar-refractivity contribution in [3.63, 3.8) is 0 Å². The predicted molar refractivity (Wildman–Crippen MR) is 118 cm³/mol.